The van der Waals surface area contributed by atoms with E-state index in [1.54, 1.807) is 22.7 Å². The number of likely N-dealkylation sites (N-methyl/N-ethyl adjacent to an activating group) is 1. The van der Waals surface area contributed by atoms with E-state index in [-0.39, 0.29) is 5.91 Å². The summed E-state index contributed by atoms with van der Waals surface area (Å²) in [5, 5.41) is 7.05. The average molecular weight is 413 g/mol. The first-order chi connectivity index (χ1) is 13.2. The van der Waals surface area contributed by atoms with Crippen LogP contribution in [0.1, 0.15) is 20.1 Å². The van der Waals surface area contributed by atoms with Gasteiger partial charge in [-0.3, -0.25) is 4.79 Å². The SMILES string of the molecule is C[NH+]1CCc2c(sc(NC(=O)c3cccs3)c2-c2nc3ccccc3s2)C1. The second kappa shape index (κ2) is 6.83. The number of benzene rings is 1. The number of nitrogens with zero attached hydrogens (tertiary/aromatic N) is 1. The number of rotatable bonds is 3. The first-order valence-corrected chi connectivity index (χ1v) is 11.4. The van der Waals surface area contributed by atoms with Crippen molar-refractivity contribution in [3.05, 3.63) is 57.1 Å². The molecule has 1 atom stereocenters. The van der Waals surface area contributed by atoms with Crippen LogP contribution in [0.5, 0.6) is 0 Å². The molecule has 136 valence electrons. The third kappa shape index (κ3) is 3.10. The number of anilines is 1. The molecular weight excluding hydrogens is 394 g/mol. The Bertz CT molecular complexity index is 1090. The number of carbonyl (C=O) groups excluding carboxylic acids is 1. The van der Waals surface area contributed by atoms with E-state index in [4.69, 9.17) is 4.98 Å². The Morgan fingerprint density at radius 3 is 2.89 bits per heavy atom. The zero-order valence-electron chi connectivity index (χ0n) is 14.7. The van der Waals surface area contributed by atoms with Crippen molar-refractivity contribution in [1.82, 2.24) is 4.98 Å². The maximum Gasteiger partial charge on any atom is 0.266 e. The molecule has 3 aromatic heterocycles. The Morgan fingerprint density at radius 1 is 1.19 bits per heavy atom. The van der Waals surface area contributed by atoms with Crippen LogP contribution in [0.3, 0.4) is 0 Å². The van der Waals surface area contributed by atoms with Gasteiger partial charge in [0.05, 0.1) is 33.6 Å². The lowest BCUT2D eigenvalue weighted by Gasteiger charge is -2.19. The molecule has 0 spiro atoms. The van der Waals surface area contributed by atoms with E-state index in [2.05, 4.69) is 24.5 Å². The molecule has 2 N–H and O–H groups in total. The molecule has 7 heteroatoms. The highest BCUT2D eigenvalue weighted by Crippen LogP contribution is 2.44. The highest BCUT2D eigenvalue weighted by molar-refractivity contribution is 7.23. The summed E-state index contributed by atoms with van der Waals surface area (Å²) >= 11 is 4.89. The van der Waals surface area contributed by atoms with Crippen LogP contribution in [-0.2, 0) is 13.0 Å². The Morgan fingerprint density at radius 2 is 2.07 bits per heavy atom. The number of hydrogen-bond acceptors (Lipinski definition) is 5. The van der Waals surface area contributed by atoms with Crippen molar-refractivity contribution in [3.63, 3.8) is 0 Å². The average Bonchev–Trinajstić information content (AvgIpc) is 3.38. The summed E-state index contributed by atoms with van der Waals surface area (Å²) in [6, 6.07) is 12.0. The van der Waals surface area contributed by atoms with Gasteiger partial charge in [-0.25, -0.2) is 4.98 Å². The summed E-state index contributed by atoms with van der Waals surface area (Å²) in [6.45, 7) is 2.12. The summed E-state index contributed by atoms with van der Waals surface area (Å²) in [6.07, 6.45) is 1.03. The van der Waals surface area contributed by atoms with E-state index in [1.165, 1.54) is 31.4 Å². The second-order valence-electron chi connectivity index (χ2n) is 6.76. The van der Waals surface area contributed by atoms with E-state index in [9.17, 15) is 4.79 Å². The Kier molecular flexibility index (Phi) is 4.32. The summed E-state index contributed by atoms with van der Waals surface area (Å²) in [5.41, 5.74) is 3.52. The minimum Gasteiger partial charge on any atom is -0.333 e. The van der Waals surface area contributed by atoms with E-state index in [0.29, 0.717) is 0 Å². The van der Waals surface area contributed by atoms with Crippen LogP contribution in [0.2, 0.25) is 0 Å². The van der Waals surface area contributed by atoms with Crippen LogP contribution in [0.25, 0.3) is 20.8 Å². The second-order valence-corrected chi connectivity index (χ2v) is 9.84. The molecule has 0 saturated carbocycles. The molecule has 4 nitrogen and oxygen atoms in total. The van der Waals surface area contributed by atoms with E-state index in [0.717, 1.165) is 45.5 Å². The van der Waals surface area contributed by atoms with Crippen molar-refractivity contribution in [3.8, 4) is 10.6 Å². The topological polar surface area (TPSA) is 46.4 Å². The quantitative estimate of drug-likeness (QED) is 0.536. The summed E-state index contributed by atoms with van der Waals surface area (Å²) in [7, 11) is 2.23. The minimum atomic E-state index is -0.0355. The molecule has 1 aliphatic heterocycles. The Hall–Kier alpha value is -2.06. The van der Waals surface area contributed by atoms with Crippen LogP contribution < -0.4 is 10.2 Å². The van der Waals surface area contributed by atoms with Crippen LogP contribution in [0, 0.1) is 0 Å². The fourth-order valence-corrected chi connectivity index (χ4v) is 6.57. The van der Waals surface area contributed by atoms with Crippen molar-refractivity contribution in [2.45, 2.75) is 13.0 Å². The summed E-state index contributed by atoms with van der Waals surface area (Å²) in [5.74, 6) is -0.0355. The van der Waals surface area contributed by atoms with Crippen molar-refractivity contribution in [2.24, 2.45) is 0 Å². The van der Waals surface area contributed by atoms with E-state index < -0.39 is 0 Å². The molecule has 5 rings (SSSR count). The number of quaternary nitrogens is 1. The predicted molar refractivity (Wildman–Crippen MR) is 114 cm³/mol. The highest BCUT2D eigenvalue weighted by Gasteiger charge is 2.28. The highest BCUT2D eigenvalue weighted by atomic mass is 32.1. The third-order valence-electron chi connectivity index (χ3n) is 4.83. The maximum atomic E-state index is 12.7. The molecule has 4 heterocycles. The van der Waals surface area contributed by atoms with Gasteiger partial charge in [0.25, 0.3) is 5.91 Å². The molecule has 1 aromatic carbocycles. The number of amides is 1. The van der Waals surface area contributed by atoms with E-state index >= 15 is 0 Å². The molecule has 1 aliphatic rings. The minimum absolute atomic E-state index is 0.0355. The number of nitrogens with one attached hydrogen (secondary N) is 2. The van der Waals surface area contributed by atoms with Crippen LogP contribution >= 0.6 is 34.0 Å². The molecule has 4 aromatic rings. The van der Waals surface area contributed by atoms with Gasteiger partial charge in [0, 0.05) is 12.0 Å². The smallest absolute Gasteiger partial charge is 0.266 e. The molecule has 0 fully saturated rings. The predicted octanol–water partition coefficient (Wildman–Crippen LogP) is 3.91. The molecule has 27 heavy (non-hydrogen) atoms. The van der Waals surface area contributed by atoms with Crippen LogP contribution in [0.15, 0.2) is 41.8 Å². The molecule has 1 unspecified atom stereocenters. The molecule has 0 aliphatic carbocycles. The van der Waals surface area contributed by atoms with Crippen molar-refractivity contribution >= 4 is 55.1 Å². The zero-order chi connectivity index (χ0) is 18.4. The monoisotopic (exact) mass is 412 g/mol. The normalized spacial score (nSPS) is 16.4. The van der Waals surface area contributed by atoms with Crippen LogP contribution in [-0.4, -0.2) is 24.5 Å². The van der Waals surface area contributed by atoms with Gasteiger partial charge in [-0.05, 0) is 29.1 Å². The lowest BCUT2D eigenvalue weighted by atomic mass is 10.0. The first-order valence-electron chi connectivity index (χ1n) is 8.85. The van der Waals surface area contributed by atoms with Crippen LogP contribution in [0.4, 0.5) is 5.00 Å². The number of carbonyl (C=O) groups is 1. The Labute approximate surface area is 169 Å². The lowest BCUT2D eigenvalue weighted by molar-refractivity contribution is -0.895. The fraction of sp³-hybridized carbons (Fsp3) is 0.200. The number of para-hydroxylation sites is 1. The third-order valence-corrected chi connectivity index (χ3v) is 7.90. The number of thiophene rings is 2. The van der Waals surface area contributed by atoms with Crippen molar-refractivity contribution < 1.29 is 9.69 Å². The molecule has 0 saturated heterocycles. The summed E-state index contributed by atoms with van der Waals surface area (Å²) < 4.78 is 1.18. The number of fused-ring (bicyclic) bond motifs is 2. The molecular formula is C20H18N3OS3+. The Balaban J connectivity index is 1.62. The van der Waals surface area contributed by atoms with Crippen molar-refractivity contribution in [1.29, 1.82) is 0 Å². The van der Waals surface area contributed by atoms with Gasteiger partial charge in [0.2, 0.25) is 0 Å². The van der Waals surface area contributed by atoms with Gasteiger partial charge < -0.3 is 10.2 Å². The zero-order valence-corrected chi connectivity index (χ0v) is 17.2. The van der Waals surface area contributed by atoms with Gasteiger partial charge in [-0.15, -0.1) is 34.0 Å². The maximum absolute atomic E-state index is 12.7. The largest absolute Gasteiger partial charge is 0.333 e. The van der Waals surface area contributed by atoms with Gasteiger partial charge in [-0.1, -0.05) is 18.2 Å². The van der Waals surface area contributed by atoms with Gasteiger partial charge in [0.15, 0.2) is 0 Å². The molecule has 0 bridgehead atoms. The molecule has 0 radical (unpaired) electrons. The van der Waals surface area contributed by atoms with Gasteiger partial charge in [-0.2, -0.15) is 0 Å². The standard InChI is InChI=1S/C20H17N3OS3/c1-23-9-8-12-16(11-23)27-20(22-18(24)15-7-4-10-25-15)17(12)19-21-13-5-2-3-6-14(13)26-19/h2-7,10H,8-9,11H2,1H3,(H,22,24)/p+1. The van der Waals surface area contributed by atoms with Gasteiger partial charge in [0.1, 0.15) is 16.6 Å². The number of hydrogen-bond donors (Lipinski definition) is 2. The summed E-state index contributed by atoms with van der Waals surface area (Å²) in [4.78, 5) is 21.2. The molecule has 1 amide bonds. The lowest BCUT2D eigenvalue weighted by Crippen LogP contribution is -3.08. The number of aromatic nitrogens is 1. The van der Waals surface area contributed by atoms with E-state index in [1.807, 2.05) is 29.6 Å². The van der Waals surface area contributed by atoms with Crippen molar-refractivity contribution in [2.75, 3.05) is 18.9 Å². The van der Waals surface area contributed by atoms with Gasteiger partial charge >= 0.3 is 0 Å². The number of thiazole rings is 1. The fourth-order valence-electron chi connectivity index (χ4n) is 3.49. The first kappa shape index (κ1) is 17.1.